The van der Waals surface area contributed by atoms with E-state index < -0.39 is 0 Å². The Bertz CT molecular complexity index is 444. The highest BCUT2D eigenvalue weighted by Crippen LogP contribution is 2.13. The smallest absolute Gasteiger partial charge is 0.286 e. The second kappa shape index (κ2) is 6.35. The van der Waals surface area contributed by atoms with Crippen molar-refractivity contribution in [3.63, 3.8) is 0 Å². The Hall–Kier alpha value is -0.620. The molecule has 8 heteroatoms. The number of rotatable bonds is 4. The van der Waals surface area contributed by atoms with Gasteiger partial charge in [-0.05, 0) is 22.1 Å². The molecule has 0 aliphatic carbocycles. The average molecular weight is 288 g/mol. The van der Waals surface area contributed by atoms with Crippen molar-refractivity contribution in [1.82, 2.24) is 9.27 Å². The lowest BCUT2D eigenvalue weighted by molar-refractivity contribution is 0.273. The normalized spacial score (nSPS) is 17.0. The summed E-state index contributed by atoms with van der Waals surface area (Å²) >= 11 is 1.29. The Morgan fingerprint density at radius 3 is 2.76 bits per heavy atom. The monoisotopic (exact) mass is 288 g/mol. The molecule has 0 radical (unpaired) electrons. The van der Waals surface area contributed by atoms with Crippen molar-refractivity contribution < 1.29 is 0 Å². The van der Waals surface area contributed by atoms with E-state index in [1.807, 2.05) is 0 Å². The molecule has 2 heterocycles. The molecule has 0 saturated carbocycles. The van der Waals surface area contributed by atoms with E-state index in [-0.39, 0.29) is 4.74 Å². The minimum atomic E-state index is 0.0727. The summed E-state index contributed by atoms with van der Waals surface area (Å²) in [7, 11) is 2.46. The van der Waals surface area contributed by atoms with Crippen LogP contribution in [0.1, 0.15) is 0 Å². The Labute approximate surface area is 111 Å². The number of thioether (sulfide) groups is 1. The van der Waals surface area contributed by atoms with Crippen LogP contribution in [0.4, 0.5) is 5.82 Å². The molecule has 0 atom stereocenters. The number of anilines is 1. The largest absolute Gasteiger partial charge is 0.349 e. The Balaban J connectivity index is 1.81. The predicted molar refractivity (Wildman–Crippen MR) is 73.0 cm³/mol. The highest BCUT2D eigenvalue weighted by Gasteiger charge is 2.20. The standard InChI is InChI=1S/C9H12N4OS3/c10-7-15-6-5-12-1-3-13(4-2-12)8-9(14)16-17-11-8/h1-6H2. The zero-order valence-electron chi connectivity index (χ0n) is 9.16. The van der Waals surface area contributed by atoms with Crippen molar-refractivity contribution in [3.8, 4) is 5.40 Å². The van der Waals surface area contributed by atoms with Gasteiger partial charge in [-0.2, -0.15) is 9.64 Å². The van der Waals surface area contributed by atoms with Crippen LogP contribution in [0.5, 0.6) is 0 Å². The van der Waals surface area contributed by atoms with Crippen molar-refractivity contribution in [2.24, 2.45) is 0 Å². The number of hydrogen-bond acceptors (Lipinski definition) is 8. The van der Waals surface area contributed by atoms with E-state index in [1.54, 1.807) is 0 Å². The molecule has 1 aromatic heterocycles. The molecule has 0 unspecified atom stereocenters. The van der Waals surface area contributed by atoms with Gasteiger partial charge >= 0.3 is 0 Å². The Morgan fingerprint density at radius 2 is 2.18 bits per heavy atom. The number of nitrogens with zero attached hydrogens (tertiary/aromatic N) is 4. The van der Waals surface area contributed by atoms with Crippen LogP contribution in [0.25, 0.3) is 0 Å². The molecule has 1 aliphatic heterocycles. The summed E-state index contributed by atoms with van der Waals surface area (Å²) in [5, 5.41) is 10.5. The zero-order chi connectivity index (χ0) is 12.1. The Kier molecular flexibility index (Phi) is 4.79. The fourth-order valence-corrected chi connectivity index (χ4v) is 3.62. The molecule has 5 nitrogen and oxygen atoms in total. The van der Waals surface area contributed by atoms with Gasteiger partial charge in [-0.3, -0.25) is 9.69 Å². The minimum absolute atomic E-state index is 0.0727. The molecule has 1 fully saturated rings. The molecule has 1 saturated heterocycles. The van der Waals surface area contributed by atoms with Crippen LogP contribution in [-0.2, 0) is 0 Å². The number of aromatic nitrogens is 1. The number of thiocyanates is 1. The van der Waals surface area contributed by atoms with Gasteiger partial charge < -0.3 is 4.90 Å². The third-order valence-corrected chi connectivity index (χ3v) is 4.74. The van der Waals surface area contributed by atoms with Crippen LogP contribution in [-0.4, -0.2) is 47.8 Å². The zero-order valence-corrected chi connectivity index (χ0v) is 11.6. The quantitative estimate of drug-likeness (QED) is 0.466. The maximum Gasteiger partial charge on any atom is 0.286 e. The second-order valence-electron chi connectivity index (χ2n) is 3.63. The molecule has 2 rings (SSSR count). The lowest BCUT2D eigenvalue weighted by Gasteiger charge is -2.34. The molecular formula is C9H12N4OS3. The first kappa shape index (κ1) is 12.8. The van der Waals surface area contributed by atoms with Crippen LogP contribution in [0.2, 0.25) is 0 Å². The summed E-state index contributed by atoms with van der Waals surface area (Å²) in [5.74, 6) is 1.47. The molecule has 0 aromatic carbocycles. The van der Waals surface area contributed by atoms with Gasteiger partial charge in [-0.25, -0.2) is 0 Å². The third-order valence-electron chi connectivity index (χ3n) is 2.67. The molecular weight excluding hydrogens is 276 g/mol. The van der Waals surface area contributed by atoms with Crippen LogP contribution >= 0.6 is 32.6 Å². The maximum atomic E-state index is 11.5. The molecule has 1 aromatic rings. The lowest BCUT2D eigenvalue weighted by atomic mass is 10.3. The van der Waals surface area contributed by atoms with Crippen LogP contribution in [0.15, 0.2) is 4.79 Å². The number of nitriles is 1. The summed E-state index contributed by atoms with van der Waals surface area (Å²) in [6.07, 6.45) is 0. The summed E-state index contributed by atoms with van der Waals surface area (Å²) in [6, 6.07) is 0. The third kappa shape index (κ3) is 3.42. The summed E-state index contributed by atoms with van der Waals surface area (Å²) in [5.41, 5.74) is 0. The fraction of sp³-hybridized carbons (Fsp3) is 0.667. The van der Waals surface area contributed by atoms with E-state index in [9.17, 15) is 4.79 Å². The van der Waals surface area contributed by atoms with E-state index in [0.29, 0.717) is 5.82 Å². The molecule has 92 valence electrons. The van der Waals surface area contributed by atoms with Gasteiger partial charge in [0.15, 0.2) is 0 Å². The number of hydrogen-bond donors (Lipinski definition) is 0. The van der Waals surface area contributed by atoms with E-state index in [2.05, 4.69) is 19.6 Å². The molecule has 0 bridgehead atoms. The van der Waals surface area contributed by atoms with E-state index in [4.69, 9.17) is 5.26 Å². The first-order valence-corrected chi connectivity index (χ1v) is 8.34. The molecule has 0 amide bonds. The van der Waals surface area contributed by atoms with Crippen molar-refractivity contribution in [1.29, 1.82) is 5.26 Å². The summed E-state index contributed by atoms with van der Waals surface area (Å²) in [4.78, 5) is 15.9. The molecule has 17 heavy (non-hydrogen) atoms. The molecule has 0 N–H and O–H groups in total. The van der Waals surface area contributed by atoms with Crippen molar-refractivity contribution >= 4 is 38.5 Å². The lowest BCUT2D eigenvalue weighted by Crippen LogP contribution is -2.48. The van der Waals surface area contributed by atoms with Crippen molar-refractivity contribution in [3.05, 3.63) is 9.54 Å². The van der Waals surface area contributed by atoms with Crippen LogP contribution in [0.3, 0.4) is 0 Å². The molecule has 0 spiro atoms. The van der Waals surface area contributed by atoms with Crippen molar-refractivity contribution in [2.75, 3.05) is 43.4 Å². The topological polar surface area (TPSA) is 60.2 Å². The van der Waals surface area contributed by atoms with E-state index in [1.165, 1.54) is 32.6 Å². The first-order chi connectivity index (χ1) is 8.31. The van der Waals surface area contributed by atoms with Gasteiger partial charge in [0.2, 0.25) is 5.82 Å². The van der Waals surface area contributed by atoms with E-state index in [0.717, 1.165) is 38.5 Å². The summed E-state index contributed by atoms with van der Waals surface area (Å²) < 4.78 is 4.22. The van der Waals surface area contributed by atoms with Gasteiger partial charge in [0, 0.05) is 49.0 Å². The molecule has 1 aliphatic rings. The van der Waals surface area contributed by atoms with Gasteiger partial charge in [-0.15, -0.1) is 0 Å². The first-order valence-electron chi connectivity index (χ1n) is 5.25. The van der Waals surface area contributed by atoms with Crippen LogP contribution < -0.4 is 9.64 Å². The Morgan fingerprint density at radius 1 is 1.41 bits per heavy atom. The van der Waals surface area contributed by atoms with Gasteiger partial charge in [0.25, 0.3) is 4.74 Å². The predicted octanol–water partition coefficient (Wildman–Crippen LogP) is 0.901. The number of piperazine rings is 1. The summed E-state index contributed by atoms with van der Waals surface area (Å²) in [6.45, 7) is 4.52. The van der Waals surface area contributed by atoms with Crippen molar-refractivity contribution in [2.45, 2.75) is 0 Å². The van der Waals surface area contributed by atoms with Gasteiger partial charge in [0.1, 0.15) is 5.40 Å². The highest BCUT2D eigenvalue weighted by molar-refractivity contribution is 8.03. The average Bonchev–Trinajstić information content (AvgIpc) is 2.77. The maximum absolute atomic E-state index is 11.5. The van der Waals surface area contributed by atoms with Gasteiger partial charge in [0.05, 0.1) is 0 Å². The van der Waals surface area contributed by atoms with E-state index >= 15 is 0 Å². The van der Waals surface area contributed by atoms with Gasteiger partial charge in [-0.1, -0.05) is 0 Å². The minimum Gasteiger partial charge on any atom is -0.349 e. The van der Waals surface area contributed by atoms with Crippen LogP contribution in [0, 0.1) is 10.7 Å². The fourth-order valence-electron chi connectivity index (χ4n) is 1.75. The highest BCUT2D eigenvalue weighted by atomic mass is 32.9. The SMILES string of the molecule is N#CSCCN1CCN(c2nssc2=O)CC1. The second-order valence-corrected chi connectivity index (χ2v) is 6.32.